The number of ether oxygens (including phenoxy) is 1. The van der Waals surface area contributed by atoms with Gasteiger partial charge in [0.25, 0.3) is 0 Å². The number of β-amino-alcohol motifs (C(OH)–C–C–N with tert-alkyl or cyclic N) is 1. The number of piperidine rings is 1. The number of nitrogens with zero attached hydrogens (tertiary/aromatic N) is 2. The van der Waals surface area contributed by atoms with Crippen LogP contribution in [-0.2, 0) is 0 Å². The van der Waals surface area contributed by atoms with E-state index in [-0.39, 0.29) is 0 Å². The second-order valence-electron chi connectivity index (χ2n) is 7.91. The summed E-state index contributed by atoms with van der Waals surface area (Å²) in [7, 11) is 0. The third kappa shape index (κ3) is 4.29. The molecule has 4 nitrogen and oxygen atoms in total. The number of aliphatic hydroxyl groups is 1. The lowest BCUT2D eigenvalue weighted by molar-refractivity contribution is -0.00351. The van der Waals surface area contributed by atoms with E-state index in [1.807, 2.05) is 24.3 Å². The number of aryl methyl sites for hydroxylation is 1. The summed E-state index contributed by atoms with van der Waals surface area (Å²) in [4.78, 5) is 5.04. The van der Waals surface area contributed by atoms with Crippen LogP contribution in [0.5, 0.6) is 5.75 Å². The molecule has 2 saturated heterocycles. The van der Waals surface area contributed by atoms with Gasteiger partial charge in [-0.1, -0.05) is 17.7 Å². The quantitative estimate of drug-likeness (QED) is 0.899. The van der Waals surface area contributed by atoms with Crippen molar-refractivity contribution >= 4 is 0 Å². The van der Waals surface area contributed by atoms with Crippen LogP contribution in [0.25, 0.3) is 0 Å². The molecule has 0 saturated carbocycles. The minimum Gasteiger partial charge on any atom is -0.491 e. The molecule has 0 bridgehead atoms. The zero-order valence-corrected chi connectivity index (χ0v) is 15.4. The van der Waals surface area contributed by atoms with E-state index in [2.05, 4.69) is 30.6 Å². The first-order chi connectivity index (χ1) is 11.5. The third-order valence-corrected chi connectivity index (χ3v) is 5.64. The molecule has 0 aromatic heterocycles. The van der Waals surface area contributed by atoms with Crippen LogP contribution in [0.15, 0.2) is 24.3 Å². The number of hydrogen-bond donors (Lipinski definition) is 1. The molecule has 0 spiro atoms. The van der Waals surface area contributed by atoms with Crippen LogP contribution in [0.3, 0.4) is 0 Å². The highest BCUT2D eigenvalue weighted by atomic mass is 16.5. The summed E-state index contributed by atoms with van der Waals surface area (Å²) in [5.74, 6) is 0.845. The lowest BCUT2D eigenvalue weighted by Crippen LogP contribution is -2.48. The van der Waals surface area contributed by atoms with Crippen LogP contribution in [0.4, 0.5) is 0 Å². The normalized spacial score (nSPS) is 27.0. The minimum absolute atomic E-state index is 0.386. The van der Waals surface area contributed by atoms with E-state index in [4.69, 9.17) is 4.74 Å². The summed E-state index contributed by atoms with van der Waals surface area (Å²) < 4.78 is 5.85. The van der Waals surface area contributed by atoms with Crippen molar-refractivity contribution in [2.75, 3.05) is 32.8 Å². The first-order valence-corrected chi connectivity index (χ1v) is 9.35. The van der Waals surface area contributed by atoms with Gasteiger partial charge >= 0.3 is 0 Å². The van der Waals surface area contributed by atoms with Gasteiger partial charge in [0.2, 0.25) is 0 Å². The summed E-state index contributed by atoms with van der Waals surface area (Å²) in [6.07, 6.45) is 3.24. The average molecular weight is 332 g/mol. The molecule has 1 N–H and O–H groups in total. The van der Waals surface area contributed by atoms with Crippen LogP contribution >= 0.6 is 0 Å². The largest absolute Gasteiger partial charge is 0.491 e. The van der Waals surface area contributed by atoms with Gasteiger partial charge in [-0.2, -0.15) is 0 Å². The third-order valence-electron chi connectivity index (χ3n) is 5.64. The van der Waals surface area contributed by atoms with Gasteiger partial charge in [0.05, 0.1) is 0 Å². The highest BCUT2D eigenvalue weighted by molar-refractivity contribution is 5.26. The fourth-order valence-electron chi connectivity index (χ4n) is 3.94. The molecule has 1 aromatic rings. The number of rotatable bonds is 5. The topological polar surface area (TPSA) is 35.9 Å². The SMILES string of the molecule is Cc1ccc(OCC2(O)CCN(C3CCN(C(C)C)CC3)C2)cc1. The predicted molar refractivity (Wildman–Crippen MR) is 97.5 cm³/mol. The monoisotopic (exact) mass is 332 g/mol. The first kappa shape index (κ1) is 17.7. The van der Waals surface area contributed by atoms with Crippen molar-refractivity contribution in [2.24, 2.45) is 0 Å². The van der Waals surface area contributed by atoms with Crippen molar-refractivity contribution in [1.82, 2.24) is 9.80 Å². The van der Waals surface area contributed by atoms with Crippen molar-refractivity contribution in [3.63, 3.8) is 0 Å². The Kier molecular flexibility index (Phi) is 5.48. The molecule has 0 aliphatic carbocycles. The van der Waals surface area contributed by atoms with Crippen LogP contribution in [0.1, 0.15) is 38.7 Å². The van der Waals surface area contributed by atoms with Crippen molar-refractivity contribution < 1.29 is 9.84 Å². The molecule has 24 heavy (non-hydrogen) atoms. The summed E-state index contributed by atoms with van der Waals surface area (Å²) >= 11 is 0. The molecule has 2 aliphatic rings. The van der Waals surface area contributed by atoms with E-state index in [9.17, 15) is 5.11 Å². The minimum atomic E-state index is -0.708. The number of likely N-dealkylation sites (tertiary alicyclic amines) is 2. The van der Waals surface area contributed by atoms with E-state index in [1.54, 1.807) is 0 Å². The van der Waals surface area contributed by atoms with Gasteiger partial charge in [-0.15, -0.1) is 0 Å². The Morgan fingerprint density at radius 2 is 1.83 bits per heavy atom. The molecule has 2 aliphatic heterocycles. The van der Waals surface area contributed by atoms with Crippen molar-refractivity contribution in [1.29, 1.82) is 0 Å². The van der Waals surface area contributed by atoms with Crippen molar-refractivity contribution in [3.8, 4) is 5.75 Å². The van der Waals surface area contributed by atoms with Gasteiger partial charge in [-0.3, -0.25) is 4.90 Å². The van der Waals surface area contributed by atoms with E-state index >= 15 is 0 Å². The fourth-order valence-corrected chi connectivity index (χ4v) is 3.94. The van der Waals surface area contributed by atoms with Crippen LogP contribution < -0.4 is 4.74 Å². The number of hydrogen-bond acceptors (Lipinski definition) is 4. The lowest BCUT2D eigenvalue weighted by atomic mass is 10.0. The van der Waals surface area contributed by atoms with Gasteiger partial charge in [-0.25, -0.2) is 0 Å². The zero-order chi connectivity index (χ0) is 17.2. The molecule has 2 heterocycles. The van der Waals surface area contributed by atoms with E-state index in [1.165, 1.54) is 31.5 Å². The summed E-state index contributed by atoms with van der Waals surface area (Å²) in [6.45, 7) is 11.1. The standard InChI is InChI=1S/C20H32N2O2/c1-16(2)21-11-8-18(9-12-21)22-13-10-20(23,14-22)15-24-19-6-4-17(3)5-7-19/h4-7,16,18,23H,8-15H2,1-3H3. The van der Waals surface area contributed by atoms with E-state index < -0.39 is 5.60 Å². The average Bonchev–Trinajstić information content (AvgIpc) is 2.97. The second-order valence-corrected chi connectivity index (χ2v) is 7.91. The van der Waals surface area contributed by atoms with E-state index in [0.29, 0.717) is 18.7 Å². The van der Waals surface area contributed by atoms with Crippen molar-refractivity contribution in [2.45, 2.75) is 57.7 Å². The van der Waals surface area contributed by atoms with Gasteiger partial charge in [-0.05, 0) is 65.3 Å². The highest BCUT2D eigenvalue weighted by Gasteiger charge is 2.40. The maximum Gasteiger partial charge on any atom is 0.119 e. The number of benzene rings is 1. The lowest BCUT2D eigenvalue weighted by Gasteiger charge is -2.38. The maximum atomic E-state index is 10.9. The predicted octanol–water partition coefficient (Wildman–Crippen LogP) is 2.68. The Labute approximate surface area is 146 Å². The Morgan fingerprint density at radius 3 is 2.46 bits per heavy atom. The molecular formula is C20H32N2O2. The molecular weight excluding hydrogens is 300 g/mol. The molecule has 3 rings (SSSR count). The molecule has 134 valence electrons. The Morgan fingerprint density at radius 1 is 1.17 bits per heavy atom. The molecule has 1 aromatic carbocycles. The second kappa shape index (κ2) is 7.42. The highest BCUT2D eigenvalue weighted by Crippen LogP contribution is 2.28. The van der Waals surface area contributed by atoms with Crippen LogP contribution in [0, 0.1) is 6.92 Å². The maximum absolute atomic E-state index is 10.9. The fraction of sp³-hybridized carbons (Fsp3) is 0.700. The molecule has 0 radical (unpaired) electrons. The van der Waals surface area contributed by atoms with Gasteiger partial charge in [0, 0.05) is 25.2 Å². The van der Waals surface area contributed by atoms with Crippen LogP contribution in [0.2, 0.25) is 0 Å². The molecule has 1 atom stereocenters. The Bertz CT molecular complexity index is 523. The molecule has 2 fully saturated rings. The Balaban J connectivity index is 1.48. The van der Waals surface area contributed by atoms with Crippen LogP contribution in [-0.4, -0.2) is 65.4 Å². The van der Waals surface area contributed by atoms with Gasteiger partial charge in [0.1, 0.15) is 18.0 Å². The summed E-state index contributed by atoms with van der Waals surface area (Å²) in [6, 6.07) is 9.31. The summed E-state index contributed by atoms with van der Waals surface area (Å²) in [5.41, 5.74) is 0.515. The molecule has 1 unspecified atom stereocenters. The smallest absolute Gasteiger partial charge is 0.119 e. The first-order valence-electron chi connectivity index (χ1n) is 9.35. The Hall–Kier alpha value is -1.10. The molecule has 0 amide bonds. The molecule has 4 heteroatoms. The zero-order valence-electron chi connectivity index (χ0n) is 15.4. The van der Waals surface area contributed by atoms with E-state index in [0.717, 1.165) is 25.3 Å². The van der Waals surface area contributed by atoms with Gasteiger partial charge < -0.3 is 14.7 Å². The van der Waals surface area contributed by atoms with Gasteiger partial charge in [0.15, 0.2) is 0 Å². The summed E-state index contributed by atoms with van der Waals surface area (Å²) in [5, 5.41) is 10.9. The van der Waals surface area contributed by atoms with Crippen molar-refractivity contribution in [3.05, 3.63) is 29.8 Å².